The second-order valence-electron chi connectivity index (χ2n) is 7.39. The first-order chi connectivity index (χ1) is 14.9. The highest BCUT2D eigenvalue weighted by molar-refractivity contribution is 6.32. The molecular weight excluding hydrogens is 427 g/mol. The number of hydrogen-bond acceptors (Lipinski definition) is 6. The summed E-state index contributed by atoms with van der Waals surface area (Å²) < 4.78 is 21.5. The van der Waals surface area contributed by atoms with Gasteiger partial charge in [-0.3, -0.25) is 14.8 Å². The molecule has 0 amide bonds. The van der Waals surface area contributed by atoms with Crippen LogP contribution < -0.4 is 0 Å². The molecular formula is C21H18ClFN4O4. The Kier molecular flexibility index (Phi) is 5.94. The highest BCUT2D eigenvalue weighted by Crippen LogP contribution is 2.33. The van der Waals surface area contributed by atoms with Gasteiger partial charge in [0.25, 0.3) is 5.69 Å². The second kappa shape index (κ2) is 8.81. The van der Waals surface area contributed by atoms with Crippen molar-refractivity contribution in [3.8, 4) is 11.1 Å². The van der Waals surface area contributed by atoms with E-state index in [2.05, 4.69) is 10.1 Å². The van der Waals surface area contributed by atoms with E-state index in [1.54, 1.807) is 23.1 Å². The van der Waals surface area contributed by atoms with Crippen LogP contribution in [-0.4, -0.2) is 37.9 Å². The van der Waals surface area contributed by atoms with Crippen LogP contribution in [0.3, 0.4) is 0 Å². The maximum atomic E-state index is 14.5. The molecule has 0 spiro atoms. The van der Waals surface area contributed by atoms with Crippen molar-refractivity contribution in [2.45, 2.75) is 31.7 Å². The molecule has 0 saturated heterocycles. The fraction of sp³-hybridized carbons (Fsp3) is 0.286. The van der Waals surface area contributed by atoms with E-state index in [0.29, 0.717) is 18.1 Å². The number of nitro benzene ring substituents is 1. The summed E-state index contributed by atoms with van der Waals surface area (Å²) in [6.07, 6.45) is 3.58. The zero-order chi connectivity index (χ0) is 22.0. The average molecular weight is 445 g/mol. The summed E-state index contributed by atoms with van der Waals surface area (Å²) >= 11 is 6.12. The fourth-order valence-electron chi connectivity index (χ4n) is 3.71. The van der Waals surface area contributed by atoms with Crippen molar-refractivity contribution in [3.05, 3.63) is 75.8 Å². The summed E-state index contributed by atoms with van der Waals surface area (Å²) in [7, 11) is 0. The predicted molar refractivity (Wildman–Crippen MR) is 110 cm³/mol. The largest absolute Gasteiger partial charge is 0.456 e. The van der Waals surface area contributed by atoms with Crippen LogP contribution in [-0.2, 0) is 11.3 Å². The lowest BCUT2D eigenvalue weighted by atomic mass is 10.1. The minimum absolute atomic E-state index is 0.0539. The van der Waals surface area contributed by atoms with E-state index in [4.69, 9.17) is 16.3 Å². The lowest BCUT2D eigenvalue weighted by Gasteiger charge is -2.14. The minimum Gasteiger partial charge on any atom is -0.456 e. The Morgan fingerprint density at radius 1 is 1.29 bits per heavy atom. The number of carbonyl (C=O) groups is 1. The minimum atomic E-state index is -1.28. The molecule has 160 valence electrons. The van der Waals surface area contributed by atoms with Gasteiger partial charge in [0.1, 0.15) is 17.4 Å². The zero-order valence-electron chi connectivity index (χ0n) is 16.2. The van der Waals surface area contributed by atoms with Gasteiger partial charge in [-0.2, -0.15) is 5.10 Å². The Bertz CT molecular complexity index is 1100. The molecule has 0 radical (unpaired) electrons. The van der Waals surface area contributed by atoms with Crippen molar-refractivity contribution in [2.75, 3.05) is 0 Å². The van der Waals surface area contributed by atoms with E-state index >= 15 is 0 Å². The molecule has 1 aliphatic carbocycles. The van der Waals surface area contributed by atoms with E-state index < -0.39 is 23.2 Å². The van der Waals surface area contributed by atoms with Crippen molar-refractivity contribution in [2.24, 2.45) is 5.92 Å². The number of benzene rings is 1. The van der Waals surface area contributed by atoms with Crippen LogP contribution in [0.5, 0.6) is 0 Å². The topological polar surface area (TPSA) is 100 Å². The molecule has 1 saturated carbocycles. The summed E-state index contributed by atoms with van der Waals surface area (Å²) in [5.74, 6) is -0.752. The molecule has 3 atom stereocenters. The van der Waals surface area contributed by atoms with Crippen molar-refractivity contribution in [1.29, 1.82) is 0 Å². The number of rotatable bonds is 6. The van der Waals surface area contributed by atoms with E-state index in [1.807, 2.05) is 12.3 Å². The van der Waals surface area contributed by atoms with Gasteiger partial charge < -0.3 is 4.74 Å². The Balaban J connectivity index is 1.36. The van der Waals surface area contributed by atoms with E-state index in [9.17, 15) is 19.3 Å². The molecule has 8 nitrogen and oxygen atoms in total. The summed E-state index contributed by atoms with van der Waals surface area (Å²) in [5, 5.41) is 15.4. The van der Waals surface area contributed by atoms with Gasteiger partial charge in [0, 0.05) is 42.2 Å². The SMILES string of the molecule is O=C(OC1CC(Cn2cc(-c3cccnc3Cl)cn2)CC1F)c1ccc([N+](=O)[O-])cc1. The van der Waals surface area contributed by atoms with Gasteiger partial charge in [0.05, 0.1) is 16.7 Å². The van der Waals surface area contributed by atoms with Crippen LogP contribution in [0, 0.1) is 16.0 Å². The van der Waals surface area contributed by atoms with Gasteiger partial charge >= 0.3 is 5.97 Å². The molecule has 3 aromatic rings. The van der Waals surface area contributed by atoms with Gasteiger partial charge in [-0.25, -0.2) is 14.2 Å². The molecule has 0 bridgehead atoms. The van der Waals surface area contributed by atoms with Crippen LogP contribution in [0.25, 0.3) is 11.1 Å². The van der Waals surface area contributed by atoms with Crippen molar-refractivity contribution in [3.63, 3.8) is 0 Å². The molecule has 10 heteroatoms. The highest BCUT2D eigenvalue weighted by atomic mass is 35.5. The van der Waals surface area contributed by atoms with Crippen molar-refractivity contribution < 1.29 is 18.8 Å². The number of nitro groups is 1. The van der Waals surface area contributed by atoms with Crippen LogP contribution in [0.2, 0.25) is 5.15 Å². The van der Waals surface area contributed by atoms with E-state index in [0.717, 1.165) is 11.1 Å². The summed E-state index contributed by atoms with van der Waals surface area (Å²) in [6.45, 7) is 0.476. The van der Waals surface area contributed by atoms with Crippen LogP contribution in [0.4, 0.5) is 10.1 Å². The fourth-order valence-corrected chi connectivity index (χ4v) is 3.94. The normalized spacial score (nSPS) is 20.5. The van der Waals surface area contributed by atoms with Crippen LogP contribution in [0.1, 0.15) is 23.2 Å². The summed E-state index contributed by atoms with van der Waals surface area (Å²) in [5.41, 5.74) is 1.59. The van der Waals surface area contributed by atoms with Gasteiger partial charge in [-0.05, 0) is 43.0 Å². The van der Waals surface area contributed by atoms with E-state index in [-0.39, 0.29) is 23.6 Å². The number of alkyl halides is 1. The molecule has 2 heterocycles. The number of aromatic nitrogens is 3. The lowest BCUT2D eigenvalue weighted by Crippen LogP contribution is -2.23. The average Bonchev–Trinajstić information content (AvgIpc) is 3.35. The third-order valence-corrected chi connectivity index (χ3v) is 5.55. The molecule has 1 aromatic carbocycles. The number of non-ortho nitro benzene ring substituents is 1. The number of nitrogens with zero attached hydrogens (tertiary/aromatic N) is 4. The Hall–Kier alpha value is -3.33. The molecule has 2 aromatic heterocycles. The molecule has 3 unspecified atom stereocenters. The van der Waals surface area contributed by atoms with Gasteiger partial charge in [-0.1, -0.05) is 11.6 Å². The molecule has 31 heavy (non-hydrogen) atoms. The molecule has 1 aliphatic rings. The zero-order valence-corrected chi connectivity index (χ0v) is 17.0. The third kappa shape index (κ3) is 4.72. The Morgan fingerprint density at radius 3 is 2.77 bits per heavy atom. The highest BCUT2D eigenvalue weighted by Gasteiger charge is 2.37. The molecule has 0 N–H and O–H groups in total. The smallest absolute Gasteiger partial charge is 0.338 e. The molecule has 0 aliphatic heterocycles. The first-order valence-corrected chi connectivity index (χ1v) is 10.0. The van der Waals surface area contributed by atoms with Gasteiger partial charge in [0.15, 0.2) is 0 Å². The summed E-state index contributed by atoms with van der Waals surface area (Å²) in [6, 6.07) is 8.66. The number of ether oxygens (including phenoxy) is 1. The van der Waals surface area contributed by atoms with Gasteiger partial charge in [0.2, 0.25) is 0 Å². The molecule has 4 rings (SSSR count). The monoisotopic (exact) mass is 444 g/mol. The number of esters is 1. The number of pyridine rings is 1. The second-order valence-corrected chi connectivity index (χ2v) is 7.75. The maximum absolute atomic E-state index is 14.5. The number of halogens is 2. The quantitative estimate of drug-likeness (QED) is 0.240. The Morgan fingerprint density at radius 2 is 2.06 bits per heavy atom. The first-order valence-electron chi connectivity index (χ1n) is 9.63. The third-order valence-electron chi connectivity index (χ3n) is 5.25. The van der Waals surface area contributed by atoms with Gasteiger partial charge in [-0.15, -0.1) is 0 Å². The maximum Gasteiger partial charge on any atom is 0.338 e. The number of carbonyl (C=O) groups excluding carboxylic acids is 1. The van der Waals surface area contributed by atoms with E-state index in [1.165, 1.54) is 24.3 Å². The predicted octanol–water partition coefficient (Wildman–Crippen LogP) is 4.48. The Labute approximate surface area is 181 Å². The standard InChI is InChI=1S/C21H18ClFN4O4/c22-20-17(2-1-7-24-20)15-10-25-26(12-15)11-13-8-18(23)19(9-13)31-21(28)14-3-5-16(6-4-14)27(29)30/h1-7,10,12-13,18-19H,8-9,11H2. The van der Waals surface area contributed by atoms with Crippen LogP contribution in [0.15, 0.2) is 55.0 Å². The lowest BCUT2D eigenvalue weighted by molar-refractivity contribution is -0.384. The first kappa shape index (κ1) is 20.9. The van der Waals surface area contributed by atoms with Crippen LogP contribution >= 0.6 is 11.6 Å². The van der Waals surface area contributed by atoms with Crippen molar-refractivity contribution >= 4 is 23.3 Å². The number of hydrogen-bond donors (Lipinski definition) is 0. The summed E-state index contributed by atoms with van der Waals surface area (Å²) in [4.78, 5) is 26.5. The molecule has 1 fully saturated rings. The van der Waals surface area contributed by atoms with Crippen molar-refractivity contribution in [1.82, 2.24) is 14.8 Å².